The summed E-state index contributed by atoms with van der Waals surface area (Å²) in [4.78, 5) is 13.5. The Bertz CT molecular complexity index is 356. The fourth-order valence-corrected chi connectivity index (χ4v) is 2.50. The fraction of sp³-hybridized carbons (Fsp3) is 0.900. The van der Waals surface area contributed by atoms with Gasteiger partial charge in [-0.25, -0.2) is 18.4 Å². The van der Waals surface area contributed by atoms with Crippen LogP contribution in [0.15, 0.2) is 0 Å². The fourth-order valence-electron chi connectivity index (χ4n) is 1.95. The van der Waals surface area contributed by atoms with E-state index < -0.39 is 10.0 Å². The summed E-state index contributed by atoms with van der Waals surface area (Å²) in [5, 5.41) is 7.57. The van der Waals surface area contributed by atoms with Crippen LogP contribution in [0.5, 0.6) is 0 Å². The molecule has 0 aromatic rings. The van der Waals surface area contributed by atoms with Crippen LogP contribution in [0.25, 0.3) is 0 Å². The number of rotatable bonds is 4. The zero-order chi connectivity index (χ0) is 12.9. The lowest BCUT2D eigenvalue weighted by atomic mass is 10.0. The number of carbonyl (C=O) groups excluding carboxylic acids is 1. The predicted octanol–water partition coefficient (Wildman–Crippen LogP) is 0.107. The molecule has 17 heavy (non-hydrogen) atoms. The molecule has 0 aromatic heterocycles. The summed E-state index contributed by atoms with van der Waals surface area (Å²) in [6.07, 6.45) is 2.55. The zero-order valence-electron chi connectivity index (χ0n) is 10.2. The molecule has 1 saturated heterocycles. The maximum atomic E-state index is 11.7. The molecule has 1 aliphatic heterocycles. The van der Waals surface area contributed by atoms with E-state index in [1.54, 1.807) is 4.90 Å². The molecule has 0 saturated carbocycles. The first kappa shape index (κ1) is 14.2. The van der Waals surface area contributed by atoms with Gasteiger partial charge in [-0.05, 0) is 25.2 Å². The molecule has 100 valence electrons. The van der Waals surface area contributed by atoms with E-state index in [0.717, 1.165) is 25.9 Å². The molecular weight excluding hydrogens is 242 g/mol. The predicted molar refractivity (Wildman–Crippen MR) is 66.0 cm³/mol. The van der Waals surface area contributed by atoms with Crippen LogP contribution in [0.1, 0.15) is 26.2 Å². The second-order valence-electron chi connectivity index (χ2n) is 4.65. The number of sulfonamides is 1. The van der Waals surface area contributed by atoms with Crippen molar-refractivity contribution in [2.45, 2.75) is 26.2 Å². The van der Waals surface area contributed by atoms with Gasteiger partial charge in [0.25, 0.3) is 0 Å². The Morgan fingerprint density at radius 2 is 2.24 bits per heavy atom. The van der Waals surface area contributed by atoms with Crippen molar-refractivity contribution in [3.8, 4) is 0 Å². The third-order valence-electron chi connectivity index (χ3n) is 2.83. The van der Waals surface area contributed by atoms with Gasteiger partial charge in [0.15, 0.2) is 0 Å². The lowest BCUT2D eigenvalue weighted by Crippen LogP contribution is -2.45. The summed E-state index contributed by atoms with van der Waals surface area (Å²) in [6, 6.07) is -0.106. The minimum absolute atomic E-state index is 0.0936. The number of nitrogens with two attached hydrogens (primary N) is 1. The van der Waals surface area contributed by atoms with E-state index in [2.05, 4.69) is 12.2 Å². The van der Waals surface area contributed by atoms with Crippen molar-refractivity contribution in [1.82, 2.24) is 10.2 Å². The molecule has 0 radical (unpaired) electrons. The molecular formula is C10H21N3O3S. The molecule has 0 spiro atoms. The Hall–Kier alpha value is -0.820. The zero-order valence-corrected chi connectivity index (χ0v) is 11.0. The van der Waals surface area contributed by atoms with E-state index in [-0.39, 0.29) is 11.8 Å². The molecule has 1 aliphatic rings. The van der Waals surface area contributed by atoms with Crippen LogP contribution in [-0.2, 0) is 10.0 Å². The lowest BCUT2D eigenvalue weighted by molar-refractivity contribution is 0.170. The highest BCUT2D eigenvalue weighted by Gasteiger charge is 2.20. The first-order valence-corrected chi connectivity index (χ1v) is 7.63. The van der Waals surface area contributed by atoms with E-state index >= 15 is 0 Å². The Kier molecular flexibility index (Phi) is 5.20. The van der Waals surface area contributed by atoms with Crippen molar-refractivity contribution in [2.24, 2.45) is 11.1 Å². The van der Waals surface area contributed by atoms with Crippen LogP contribution in [-0.4, -0.2) is 44.7 Å². The first-order chi connectivity index (χ1) is 7.88. The number of carbonyl (C=O) groups is 1. The number of hydrogen-bond acceptors (Lipinski definition) is 3. The van der Waals surface area contributed by atoms with E-state index in [4.69, 9.17) is 5.14 Å². The van der Waals surface area contributed by atoms with Gasteiger partial charge in [0.2, 0.25) is 10.0 Å². The van der Waals surface area contributed by atoms with Gasteiger partial charge in [-0.2, -0.15) is 0 Å². The van der Waals surface area contributed by atoms with Gasteiger partial charge in [0.1, 0.15) is 0 Å². The van der Waals surface area contributed by atoms with E-state index in [9.17, 15) is 13.2 Å². The minimum Gasteiger partial charge on any atom is -0.338 e. The second-order valence-corrected chi connectivity index (χ2v) is 6.38. The summed E-state index contributed by atoms with van der Waals surface area (Å²) in [5.74, 6) is 0.447. The maximum absolute atomic E-state index is 11.7. The van der Waals surface area contributed by atoms with Gasteiger partial charge in [0, 0.05) is 19.6 Å². The van der Waals surface area contributed by atoms with Crippen LogP contribution in [0.2, 0.25) is 0 Å². The SMILES string of the molecule is CC1CCCN(C(=O)NCCCS(N)(=O)=O)C1. The molecule has 1 rings (SSSR count). The number of nitrogens with one attached hydrogen (secondary N) is 1. The summed E-state index contributed by atoms with van der Waals surface area (Å²) in [5.41, 5.74) is 0. The Morgan fingerprint density at radius 1 is 1.53 bits per heavy atom. The molecule has 1 atom stereocenters. The maximum Gasteiger partial charge on any atom is 0.317 e. The highest BCUT2D eigenvalue weighted by molar-refractivity contribution is 7.89. The highest BCUT2D eigenvalue weighted by atomic mass is 32.2. The summed E-state index contributed by atoms with van der Waals surface area (Å²) in [6.45, 7) is 4.03. The third kappa shape index (κ3) is 5.88. The molecule has 2 amide bonds. The quantitative estimate of drug-likeness (QED) is 0.705. The molecule has 0 bridgehead atoms. The summed E-state index contributed by atoms with van der Waals surface area (Å²) >= 11 is 0. The van der Waals surface area contributed by atoms with Crippen molar-refractivity contribution in [1.29, 1.82) is 0 Å². The van der Waals surface area contributed by atoms with Crippen LogP contribution in [0.3, 0.4) is 0 Å². The number of hydrogen-bond donors (Lipinski definition) is 2. The highest BCUT2D eigenvalue weighted by Crippen LogP contribution is 2.15. The topological polar surface area (TPSA) is 92.5 Å². The monoisotopic (exact) mass is 263 g/mol. The molecule has 1 fully saturated rings. The molecule has 7 heteroatoms. The van der Waals surface area contributed by atoms with Gasteiger partial charge in [-0.1, -0.05) is 6.92 Å². The van der Waals surface area contributed by atoms with E-state index in [1.165, 1.54) is 0 Å². The second kappa shape index (κ2) is 6.20. The number of likely N-dealkylation sites (tertiary alicyclic amines) is 1. The van der Waals surface area contributed by atoms with Gasteiger partial charge >= 0.3 is 6.03 Å². The van der Waals surface area contributed by atoms with Crippen LogP contribution in [0.4, 0.5) is 4.79 Å². The van der Waals surface area contributed by atoms with Gasteiger partial charge < -0.3 is 10.2 Å². The number of nitrogens with zero attached hydrogens (tertiary/aromatic N) is 1. The van der Waals surface area contributed by atoms with Crippen LogP contribution < -0.4 is 10.5 Å². The first-order valence-electron chi connectivity index (χ1n) is 5.92. The Labute approximate surface area is 103 Å². The molecule has 3 N–H and O–H groups in total. The summed E-state index contributed by atoms with van der Waals surface area (Å²) in [7, 11) is -3.42. The Balaban J connectivity index is 2.20. The summed E-state index contributed by atoms with van der Waals surface area (Å²) < 4.78 is 21.4. The molecule has 0 aromatic carbocycles. The van der Waals surface area contributed by atoms with Crippen molar-refractivity contribution < 1.29 is 13.2 Å². The molecule has 1 unspecified atom stereocenters. The van der Waals surface area contributed by atoms with Crippen LogP contribution in [0, 0.1) is 5.92 Å². The number of piperidine rings is 1. The van der Waals surface area contributed by atoms with Crippen LogP contribution >= 0.6 is 0 Å². The van der Waals surface area contributed by atoms with Crippen molar-refractivity contribution in [3.63, 3.8) is 0 Å². The average molecular weight is 263 g/mol. The van der Waals surface area contributed by atoms with Crippen molar-refractivity contribution >= 4 is 16.1 Å². The van der Waals surface area contributed by atoms with Gasteiger partial charge in [-0.15, -0.1) is 0 Å². The molecule has 1 heterocycles. The Morgan fingerprint density at radius 3 is 2.82 bits per heavy atom. The number of amides is 2. The van der Waals surface area contributed by atoms with E-state index in [0.29, 0.717) is 18.9 Å². The molecule has 6 nitrogen and oxygen atoms in total. The lowest BCUT2D eigenvalue weighted by Gasteiger charge is -2.30. The molecule has 0 aliphatic carbocycles. The number of urea groups is 1. The smallest absolute Gasteiger partial charge is 0.317 e. The third-order valence-corrected chi connectivity index (χ3v) is 3.68. The normalized spacial score (nSPS) is 21.3. The van der Waals surface area contributed by atoms with Crippen molar-refractivity contribution in [3.05, 3.63) is 0 Å². The standard InChI is InChI=1S/C10H21N3O3S/c1-9-4-2-6-13(8-9)10(14)12-5-3-7-17(11,15)16/h9H,2-8H2,1H3,(H,12,14)(H2,11,15,16). The average Bonchev–Trinajstić information content (AvgIpc) is 2.23. The van der Waals surface area contributed by atoms with Gasteiger partial charge in [0.05, 0.1) is 5.75 Å². The minimum atomic E-state index is -3.42. The number of primary sulfonamides is 1. The largest absolute Gasteiger partial charge is 0.338 e. The van der Waals surface area contributed by atoms with Crippen molar-refractivity contribution in [2.75, 3.05) is 25.4 Å². The van der Waals surface area contributed by atoms with E-state index in [1.807, 2.05) is 0 Å². The van der Waals surface area contributed by atoms with Gasteiger partial charge in [-0.3, -0.25) is 0 Å².